The molecule has 1 aliphatic rings. The Morgan fingerprint density at radius 1 is 1.22 bits per heavy atom. The van der Waals surface area contributed by atoms with Gasteiger partial charge in [-0.2, -0.15) is 0 Å². The number of carbonyl (C=O) groups excluding carboxylic acids is 1. The van der Waals surface area contributed by atoms with Gasteiger partial charge in [-0.1, -0.05) is 17.3 Å². The molecule has 0 saturated carbocycles. The van der Waals surface area contributed by atoms with Crippen LogP contribution in [0.1, 0.15) is 13.0 Å². The van der Waals surface area contributed by atoms with E-state index in [2.05, 4.69) is 15.6 Å². The Bertz CT molecular complexity index is 890. The second-order valence-corrected chi connectivity index (χ2v) is 5.26. The average molecular weight is 310 g/mol. The first kappa shape index (κ1) is 13.6. The molecular weight excluding hydrogens is 296 g/mol. The summed E-state index contributed by atoms with van der Waals surface area (Å²) in [6.45, 7) is 1.98. The van der Waals surface area contributed by atoms with E-state index < -0.39 is 6.04 Å². The fourth-order valence-electron chi connectivity index (χ4n) is 2.51. The van der Waals surface area contributed by atoms with Crippen molar-refractivity contribution in [3.05, 3.63) is 42.5 Å². The third kappa shape index (κ3) is 2.36. The number of nitrogens with one attached hydrogen (secondary N) is 1. The van der Waals surface area contributed by atoms with Gasteiger partial charge in [-0.3, -0.25) is 4.79 Å². The number of fused-ring (bicyclic) bond motifs is 2. The average Bonchev–Trinajstić information content (AvgIpc) is 3.20. The lowest BCUT2D eigenvalue weighted by molar-refractivity contribution is -0.119. The summed E-state index contributed by atoms with van der Waals surface area (Å²) >= 11 is 0. The maximum atomic E-state index is 12.5. The summed E-state index contributed by atoms with van der Waals surface area (Å²) < 4.78 is 12.2. The van der Waals surface area contributed by atoms with Crippen LogP contribution in [0.2, 0.25) is 0 Å². The van der Waals surface area contributed by atoms with Gasteiger partial charge < -0.3 is 14.8 Å². The largest absolute Gasteiger partial charge is 0.454 e. The molecule has 0 radical (unpaired) electrons. The Morgan fingerprint density at radius 2 is 2.04 bits per heavy atom. The number of benzene rings is 2. The number of ether oxygens (including phenoxy) is 2. The van der Waals surface area contributed by atoms with E-state index in [1.54, 1.807) is 29.8 Å². The van der Waals surface area contributed by atoms with Gasteiger partial charge in [0.2, 0.25) is 12.7 Å². The van der Waals surface area contributed by atoms with Crippen molar-refractivity contribution < 1.29 is 14.3 Å². The highest BCUT2D eigenvalue weighted by Crippen LogP contribution is 2.34. The summed E-state index contributed by atoms with van der Waals surface area (Å²) in [5.74, 6) is 1.12. The van der Waals surface area contributed by atoms with Gasteiger partial charge in [-0.25, -0.2) is 4.68 Å². The van der Waals surface area contributed by atoms with Crippen molar-refractivity contribution in [1.82, 2.24) is 15.0 Å². The summed E-state index contributed by atoms with van der Waals surface area (Å²) in [5.41, 5.74) is 2.23. The van der Waals surface area contributed by atoms with E-state index in [9.17, 15) is 4.79 Å². The van der Waals surface area contributed by atoms with Crippen molar-refractivity contribution in [2.24, 2.45) is 0 Å². The smallest absolute Gasteiger partial charge is 0.249 e. The van der Waals surface area contributed by atoms with Gasteiger partial charge in [0.1, 0.15) is 11.6 Å². The van der Waals surface area contributed by atoms with Gasteiger partial charge in [0.05, 0.1) is 5.52 Å². The molecule has 1 aliphatic heterocycles. The maximum absolute atomic E-state index is 12.5. The Labute approximate surface area is 131 Å². The molecular formula is C16H14N4O3. The van der Waals surface area contributed by atoms with E-state index in [-0.39, 0.29) is 12.7 Å². The highest BCUT2D eigenvalue weighted by atomic mass is 16.7. The first-order valence-electron chi connectivity index (χ1n) is 7.23. The van der Waals surface area contributed by atoms with Crippen LogP contribution in [0.15, 0.2) is 42.5 Å². The normalized spacial score (nSPS) is 14.0. The number of rotatable bonds is 3. The molecule has 23 heavy (non-hydrogen) atoms. The molecule has 0 saturated heterocycles. The van der Waals surface area contributed by atoms with Gasteiger partial charge in [-0.05, 0) is 31.2 Å². The van der Waals surface area contributed by atoms with E-state index in [1.807, 2.05) is 24.3 Å². The summed E-state index contributed by atoms with van der Waals surface area (Å²) in [7, 11) is 0. The van der Waals surface area contributed by atoms with Crippen molar-refractivity contribution in [1.29, 1.82) is 0 Å². The Kier molecular flexibility index (Phi) is 3.11. The molecule has 3 aromatic rings. The third-order valence-corrected chi connectivity index (χ3v) is 3.76. The molecule has 2 aromatic carbocycles. The summed E-state index contributed by atoms with van der Waals surface area (Å²) in [6, 6.07) is 12.3. The van der Waals surface area contributed by atoms with Crippen molar-refractivity contribution in [2.75, 3.05) is 12.1 Å². The van der Waals surface area contributed by atoms with Crippen LogP contribution in [-0.2, 0) is 4.79 Å². The number of hydrogen-bond acceptors (Lipinski definition) is 5. The number of anilines is 1. The molecule has 1 aromatic heterocycles. The van der Waals surface area contributed by atoms with E-state index in [4.69, 9.17) is 9.47 Å². The zero-order valence-corrected chi connectivity index (χ0v) is 12.4. The Hall–Kier alpha value is -3.09. The summed E-state index contributed by atoms with van der Waals surface area (Å²) in [4.78, 5) is 12.5. The predicted octanol–water partition coefficient (Wildman–Crippen LogP) is 2.36. The highest BCUT2D eigenvalue weighted by Gasteiger charge is 2.20. The lowest BCUT2D eigenvalue weighted by atomic mass is 10.2. The number of para-hydroxylation sites is 1. The standard InChI is InChI=1S/C16H14N4O3/c1-10(20-13-5-3-2-4-12(13)18-19-20)16(21)17-11-6-7-14-15(8-11)23-9-22-14/h2-8,10H,9H2,1H3,(H,17,21)/t10-/m1/s1. The van der Waals surface area contributed by atoms with Crippen LogP contribution < -0.4 is 14.8 Å². The lowest BCUT2D eigenvalue weighted by Gasteiger charge is -2.13. The molecule has 2 heterocycles. The molecule has 0 aliphatic carbocycles. The molecule has 4 rings (SSSR count). The second-order valence-electron chi connectivity index (χ2n) is 5.26. The molecule has 7 nitrogen and oxygen atoms in total. The monoisotopic (exact) mass is 310 g/mol. The maximum Gasteiger partial charge on any atom is 0.249 e. The van der Waals surface area contributed by atoms with E-state index >= 15 is 0 Å². The number of carbonyl (C=O) groups is 1. The van der Waals surface area contributed by atoms with Gasteiger partial charge in [0, 0.05) is 11.8 Å². The van der Waals surface area contributed by atoms with Crippen molar-refractivity contribution in [3.8, 4) is 11.5 Å². The zero-order chi connectivity index (χ0) is 15.8. The van der Waals surface area contributed by atoms with Crippen LogP contribution in [0.3, 0.4) is 0 Å². The molecule has 7 heteroatoms. The van der Waals surface area contributed by atoms with Gasteiger partial charge in [0.15, 0.2) is 11.5 Å². The minimum Gasteiger partial charge on any atom is -0.454 e. The number of nitrogens with zero attached hydrogens (tertiary/aromatic N) is 3. The highest BCUT2D eigenvalue weighted by molar-refractivity contribution is 5.94. The summed E-state index contributed by atoms with van der Waals surface area (Å²) in [6.07, 6.45) is 0. The lowest BCUT2D eigenvalue weighted by Crippen LogP contribution is -2.24. The predicted molar refractivity (Wildman–Crippen MR) is 83.4 cm³/mol. The van der Waals surface area contributed by atoms with Crippen LogP contribution in [-0.4, -0.2) is 27.7 Å². The van der Waals surface area contributed by atoms with E-state index in [0.29, 0.717) is 17.2 Å². The minimum absolute atomic E-state index is 0.181. The molecule has 0 bridgehead atoms. The van der Waals surface area contributed by atoms with Crippen LogP contribution in [0.25, 0.3) is 11.0 Å². The molecule has 0 unspecified atom stereocenters. The fourth-order valence-corrected chi connectivity index (χ4v) is 2.51. The zero-order valence-electron chi connectivity index (χ0n) is 12.4. The molecule has 1 amide bonds. The van der Waals surface area contributed by atoms with Crippen LogP contribution in [0, 0.1) is 0 Å². The topological polar surface area (TPSA) is 78.3 Å². The minimum atomic E-state index is -0.493. The second kappa shape index (κ2) is 5.28. The van der Waals surface area contributed by atoms with Gasteiger partial charge >= 0.3 is 0 Å². The number of aromatic nitrogens is 3. The van der Waals surface area contributed by atoms with Crippen LogP contribution in [0.5, 0.6) is 11.5 Å². The van der Waals surface area contributed by atoms with E-state index in [1.165, 1.54) is 0 Å². The SMILES string of the molecule is C[C@H](C(=O)Nc1ccc2c(c1)OCO2)n1nnc2ccccc21. The summed E-state index contributed by atoms with van der Waals surface area (Å²) in [5, 5.41) is 11.0. The first-order valence-corrected chi connectivity index (χ1v) is 7.23. The van der Waals surface area contributed by atoms with Crippen molar-refractivity contribution in [3.63, 3.8) is 0 Å². The number of hydrogen-bond donors (Lipinski definition) is 1. The third-order valence-electron chi connectivity index (χ3n) is 3.76. The first-order chi connectivity index (χ1) is 11.2. The molecule has 0 fully saturated rings. The molecule has 1 atom stereocenters. The van der Waals surface area contributed by atoms with E-state index in [0.717, 1.165) is 11.0 Å². The molecule has 1 N–H and O–H groups in total. The van der Waals surface area contributed by atoms with Crippen LogP contribution >= 0.6 is 0 Å². The van der Waals surface area contributed by atoms with Gasteiger partial charge in [-0.15, -0.1) is 5.10 Å². The van der Waals surface area contributed by atoms with Gasteiger partial charge in [0.25, 0.3) is 0 Å². The van der Waals surface area contributed by atoms with Crippen molar-refractivity contribution >= 4 is 22.6 Å². The quantitative estimate of drug-likeness (QED) is 0.803. The van der Waals surface area contributed by atoms with Crippen LogP contribution in [0.4, 0.5) is 5.69 Å². The fraction of sp³-hybridized carbons (Fsp3) is 0.188. The Morgan fingerprint density at radius 3 is 2.96 bits per heavy atom. The molecule has 116 valence electrons. The Balaban J connectivity index is 1.57. The molecule has 0 spiro atoms. The van der Waals surface area contributed by atoms with Crippen molar-refractivity contribution in [2.45, 2.75) is 13.0 Å². The number of amides is 1.